The fourth-order valence-electron chi connectivity index (χ4n) is 2.56. The summed E-state index contributed by atoms with van der Waals surface area (Å²) >= 11 is 5.44. The fourth-order valence-corrected chi connectivity index (χ4v) is 3.69. The standard InChI is InChI=1S/C16H25N3O2S2/c1-3-4-5-14-6-8-15(9-7-14)17-16(22)18-10-12-19(13-11-18)23(2,20)21/h6-9H,3-5,10-13H2,1-2H3,(H,17,22). The molecular weight excluding hydrogens is 330 g/mol. The van der Waals surface area contributed by atoms with Gasteiger partial charge in [0.1, 0.15) is 0 Å². The van der Waals surface area contributed by atoms with Gasteiger partial charge in [0.15, 0.2) is 5.11 Å². The van der Waals surface area contributed by atoms with E-state index in [1.54, 1.807) is 0 Å². The average molecular weight is 356 g/mol. The fraction of sp³-hybridized carbons (Fsp3) is 0.562. The zero-order chi connectivity index (χ0) is 16.9. The Morgan fingerprint density at radius 3 is 2.30 bits per heavy atom. The summed E-state index contributed by atoms with van der Waals surface area (Å²) in [6.07, 6.45) is 4.76. The van der Waals surface area contributed by atoms with E-state index in [4.69, 9.17) is 12.2 Å². The van der Waals surface area contributed by atoms with Gasteiger partial charge in [-0.25, -0.2) is 8.42 Å². The molecule has 128 valence electrons. The molecule has 7 heteroatoms. The number of sulfonamides is 1. The normalized spacial score (nSPS) is 16.3. The van der Waals surface area contributed by atoms with Crippen molar-refractivity contribution >= 4 is 33.0 Å². The van der Waals surface area contributed by atoms with Crippen LogP contribution in [-0.2, 0) is 16.4 Å². The number of hydrogen-bond donors (Lipinski definition) is 1. The summed E-state index contributed by atoms with van der Waals surface area (Å²) in [6, 6.07) is 8.35. The number of piperazine rings is 1. The molecule has 0 atom stereocenters. The van der Waals surface area contributed by atoms with Gasteiger partial charge in [-0.1, -0.05) is 25.5 Å². The predicted molar refractivity (Wildman–Crippen MR) is 99.3 cm³/mol. The molecule has 0 saturated carbocycles. The van der Waals surface area contributed by atoms with Crippen LogP contribution < -0.4 is 5.32 Å². The van der Waals surface area contributed by atoms with Gasteiger partial charge >= 0.3 is 0 Å². The van der Waals surface area contributed by atoms with E-state index in [1.807, 2.05) is 17.0 Å². The molecule has 1 aromatic carbocycles. The third kappa shape index (κ3) is 5.44. The number of nitrogens with one attached hydrogen (secondary N) is 1. The SMILES string of the molecule is CCCCc1ccc(NC(=S)N2CCN(S(C)(=O)=O)CC2)cc1. The van der Waals surface area contributed by atoms with Crippen molar-refractivity contribution in [2.75, 3.05) is 37.8 Å². The summed E-state index contributed by atoms with van der Waals surface area (Å²) in [5.74, 6) is 0. The molecule has 0 amide bonds. The highest BCUT2D eigenvalue weighted by atomic mass is 32.2. The van der Waals surface area contributed by atoms with Crippen LogP contribution in [0.5, 0.6) is 0 Å². The van der Waals surface area contributed by atoms with Crippen LogP contribution in [0.4, 0.5) is 5.69 Å². The molecule has 1 aromatic rings. The van der Waals surface area contributed by atoms with Gasteiger partial charge in [0.05, 0.1) is 6.26 Å². The van der Waals surface area contributed by atoms with Gasteiger partial charge < -0.3 is 10.2 Å². The minimum absolute atomic E-state index is 0.483. The molecular formula is C16H25N3O2S2. The largest absolute Gasteiger partial charge is 0.346 e. The number of rotatable bonds is 5. The maximum atomic E-state index is 11.5. The number of nitrogens with zero attached hydrogens (tertiary/aromatic N) is 2. The summed E-state index contributed by atoms with van der Waals surface area (Å²) in [6.45, 7) is 4.39. The van der Waals surface area contributed by atoms with Crippen LogP contribution >= 0.6 is 12.2 Å². The molecule has 2 rings (SSSR count). The maximum Gasteiger partial charge on any atom is 0.211 e. The first kappa shape index (κ1) is 18.2. The molecule has 1 fully saturated rings. The Bertz CT molecular complexity index is 621. The van der Waals surface area contributed by atoms with Crippen molar-refractivity contribution in [3.05, 3.63) is 29.8 Å². The van der Waals surface area contributed by atoms with Crippen LogP contribution in [0.2, 0.25) is 0 Å². The maximum absolute atomic E-state index is 11.5. The highest BCUT2D eigenvalue weighted by Crippen LogP contribution is 2.14. The van der Waals surface area contributed by atoms with E-state index in [9.17, 15) is 8.42 Å². The van der Waals surface area contributed by atoms with Crippen molar-refractivity contribution in [1.82, 2.24) is 9.21 Å². The Morgan fingerprint density at radius 1 is 1.17 bits per heavy atom. The molecule has 1 heterocycles. The van der Waals surface area contributed by atoms with E-state index in [1.165, 1.54) is 29.0 Å². The van der Waals surface area contributed by atoms with Crippen LogP contribution in [0.1, 0.15) is 25.3 Å². The zero-order valence-electron chi connectivity index (χ0n) is 13.8. The van der Waals surface area contributed by atoms with E-state index in [0.717, 1.165) is 12.1 Å². The van der Waals surface area contributed by atoms with E-state index < -0.39 is 10.0 Å². The van der Waals surface area contributed by atoms with E-state index >= 15 is 0 Å². The molecule has 1 saturated heterocycles. The Hall–Kier alpha value is -1.18. The van der Waals surface area contributed by atoms with Gasteiger partial charge in [-0.05, 0) is 42.8 Å². The van der Waals surface area contributed by atoms with Crippen molar-refractivity contribution in [3.8, 4) is 0 Å². The third-order valence-electron chi connectivity index (χ3n) is 4.02. The molecule has 0 radical (unpaired) electrons. The van der Waals surface area contributed by atoms with Gasteiger partial charge in [-0.15, -0.1) is 0 Å². The molecule has 0 aliphatic carbocycles. The van der Waals surface area contributed by atoms with Crippen LogP contribution in [0.3, 0.4) is 0 Å². The van der Waals surface area contributed by atoms with Crippen molar-refractivity contribution in [2.24, 2.45) is 0 Å². The highest BCUT2D eigenvalue weighted by molar-refractivity contribution is 7.88. The average Bonchev–Trinajstić information content (AvgIpc) is 2.53. The van der Waals surface area contributed by atoms with E-state index in [0.29, 0.717) is 31.3 Å². The molecule has 1 N–H and O–H groups in total. The second kappa shape index (κ2) is 8.08. The second-order valence-corrected chi connectivity index (χ2v) is 8.25. The molecule has 0 bridgehead atoms. The highest BCUT2D eigenvalue weighted by Gasteiger charge is 2.24. The van der Waals surface area contributed by atoms with Crippen LogP contribution in [0.15, 0.2) is 24.3 Å². The lowest BCUT2D eigenvalue weighted by atomic mass is 10.1. The topological polar surface area (TPSA) is 52.6 Å². The summed E-state index contributed by atoms with van der Waals surface area (Å²) < 4.78 is 24.5. The lowest BCUT2D eigenvalue weighted by Gasteiger charge is -2.34. The number of aryl methyl sites for hydroxylation is 1. The molecule has 0 unspecified atom stereocenters. The first-order valence-corrected chi connectivity index (χ1v) is 10.3. The van der Waals surface area contributed by atoms with Crippen molar-refractivity contribution in [3.63, 3.8) is 0 Å². The number of hydrogen-bond acceptors (Lipinski definition) is 3. The summed E-state index contributed by atoms with van der Waals surface area (Å²) in [5, 5.41) is 3.89. The Labute approximate surface area is 144 Å². The molecule has 1 aliphatic rings. The molecule has 5 nitrogen and oxygen atoms in total. The van der Waals surface area contributed by atoms with Crippen LogP contribution in [0, 0.1) is 0 Å². The number of benzene rings is 1. The summed E-state index contributed by atoms with van der Waals surface area (Å²) in [4.78, 5) is 2.02. The van der Waals surface area contributed by atoms with E-state index in [2.05, 4.69) is 24.4 Å². The predicted octanol–water partition coefficient (Wildman–Crippen LogP) is 2.30. The van der Waals surface area contributed by atoms with Gasteiger partial charge in [0.25, 0.3) is 0 Å². The quantitative estimate of drug-likeness (QED) is 0.822. The molecule has 1 aliphatic heterocycles. The molecule has 0 aromatic heterocycles. The zero-order valence-corrected chi connectivity index (χ0v) is 15.4. The first-order chi connectivity index (χ1) is 10.9. The van der Waals surface area contributed by atoms with Gasteiger partial charge in [-0.3, -0.25) is 0 Å². The molecule has 0 spiro atoms. The number of anilines is 1. The minimum Gasteiger partial charge on any atom is -0.346 e. The summed E-state index contributed by atoms with van der Waals surface area (Å²) in [7, 11) is -3.10. The number of thiocarbonyl (C=S) groups is 1. The lowest BCUT2D eigenvalue weighted by molar-refractivity contribution is 0.270. The van der Waals surface area contributed by atoms with Gasteiger partial charge in [0, 0.05) is 31.9 Å². The van der Waals surface area contributed by atoms with Crippen molar-refractivity contribution in [2.45, 2.75) is 26.2 Å². The van der Waals surface area contributed by atoms with Crippen LogP contribution in [-0.4, -0.2) is 55.2 Å². The lowest BCUT2D eigenvalue weighted by Crippen LogP contribution is -2.51. The first-order valence-electron chi connectivity index (χ1n) is 8.00. The number of unbranched alkanes of at least 4 members (excludes halogenated alkanes) is 1. The monoisotopic (exact) mass is 355 g/mol. The van der Waals surface area contributed by atoms with Gasteiger partial charge in [-0.2, -0.15) is 4.31 Å². The third-order valence-corrected chi connectivity index (χ3v) is 5.68. The summed E-state index contributed by atoms with van der Waals surface area (Å²) in [5.41, 5.74) is 2.31. The Kier molecular flexibility index (Phi) is 6.38. The smallest absolute Gasteiger partial charge is 0.211 e. The van der Waals surface area contributed by atoms with Gasteiger partial charge in [0.2, 0.25) is 10.0 Å². The molecule has 23 heavy (non-hydrogen) atoms. The Morgan fingerprint density at radius 2 is 1.78 bits per heavy atom. The van der Waals surface area contributed by atoms with Crippen LogP contribution in [0.25, 0.3) is 0 Å². The van der Waals surface area contributed by atoms with Crippen molar-refractivity contribution in [1.29, 1.82) is 0 Å². The van der Waals surface area contributed by atoms with Crippen molar-refractivity contribution < 1.29 is 8.42 Å². The van der Waals surface area contributed by atoms with E-state index in [-0.39, 0.29) is 0 Å². The second-order valence-electron chi connectivity index (χ2n) is 5.88. The Balaban J connectivity index is 1.85. The minimum atomic E-state index is -3.10.